The highest BCUT2D eigenvalue weighted by Crippen LogP contribution is 2.21. The summed E-state index contributed by atoms with van der Waals surface area (Å²) < 4.78 is 13.9. The Bertz CT molecular complexity index is 534. The maximum absolute atomic E-state index is 13.6. The molecular weight excluding hydrogens is 337 g/mol. The summed E-state index contributed by atoms with van der Waals surface area (Å²) in [5.41, 5.74) is 0.427. The van der Waals surface area contributed by atoms with Gasteiger partial charge in [0, 0.05) is 50.9 Å². The first-order chi connectivity index (χ1) is 10.1. The molecule has 1 atom stereocenters. The van der Waals surface area contributed by atoms with Crippen molar-refractivity contribution in [3.63, 3.8) is 0 Å². The van der Waals surface area contributed by atoms with Gasteiger partial charge in [-0.05, 0) is 40.5 Å². The van der Waals surface area contributed by atoms with Gasteiger partial charge in [-0.25, -0.2) is 4.39 Å². The second-order valence-electron chi connectivity index (χ2n) is 5.61. The zero-order chi connectivity index (χ0) is 14.8. The number of benzene rings is 1. The maximum atomic E-state index is 13.6. The largest absolute Gasteiger partial charge is 0.337 e. The number of hydrogen-bond donors (Lipinski definition) is 1. The first kappa shape index (κ1) is 14.9. The minimum Gasteiger partial charge on any atom is -0.337 e. The SMILES string of the molecule is O=C(c1ccc(Br)c(F)c1)N1CCC(N2CCNCC2)C1. The van der Waals surface area contributed by atoms with E-state index in [0.29, 0.717) is 16.1 Å². The highest BCUT2D eigenvalue weighted by Gasteiger charge is 2.31. The van der Waals surface area contributed by atoms with Crippen LogP contribution in [0.2, 0.25) is 0 Å². The minimum absolute atomic E-state index is 0.0703. The van der Waals surface area contributed by atoms with Crippen molar-refractivity contribution in [1.29, 1.82) is 0 Å². The maximum Gasteiger partial charge on any atom is 0.254 e. The van der Waals surface area contributed by atoms with Crippen LogP contribution in [0.5, 0.6) is 0 Å². The summed E-state index contributed by atoms with van der Waals surface area (Å²) in [5.74, 6) is -0.460. The molecule has 1 aromatic carbocycles. The van der Waals surface area contributed by atoms with Gasteiger partial charge < -0.3 is 10.2 Å². The van der Waals surface area contributed by atoms with Crippen LogP contribution in [-0.2, 0) is 0 Å². The molecule has 2 fully saturated rings. The van der Waals surface area contributed by atoms with Gasteiger partial charge in [-0.2, -0.15) is 0 Å². The predicted molar refractivity (Wildman–Crippen MR) is 82.9 cm³/mol. The van der Waals surface area contributed by atoms with Crippen molar-refractivity contribution in [2.24, 2.45) is 0 Å². The number of likely N-dealkylation sites (tertiary alicyclic amines) is 1. The van der Waals surface area contributed by atoms with E-state index in [1.54, 1.807) is 12.1 Å². The number of halogens is 2. The van der Waals surface area contributed by atoms with E-state index in [9.17, 15) is 9.18 Å². The highest BCUT2D eigenvalue weighted by molar-refractivity contribution is 9.10. The van der Waals surface area contributed by atoms with Gasteiger partial charge in [0.05, 0.1) is 4.47 Å². The molecule has 114 valence electrons. The molecule has 0 aliphatic carbocycles. The molecule has 2 aliphatic rings. The van der Waals surface area contributed by atoms with Crippen LogP contribution in [0.3, 0.4) is 0 Å². The Labute approximate surface area is 132 Å². The monoisotopic (exact) mass is 355 g/mol. The van der Waals surface area contributed by atoms with Crippen LogP contribution in [0.25, 0.3) is 0 Å². The van der Waals surface area contributed by atoms with Gasteiger partial charge in [0.1, 0.15) is 5.82 Å². The van der Waals surface area contributed by atoms with Crippen molar-refractivity contribution in [2.75, 3.05) is 39.3 Å². The lowest BCUT2D eigenvalue weighted by molar-refractivity contribution is 0.0773. The third-order valence-corrected chi connectivity index (χ3v) is 4.93. The van der Waals surface area contributed by atoms with Gasteiger partial charge in [0.2, 0.25) is 0 Å². The molecule has 0 aromatic heterocycles. The molecular formula is C15H19BrFN3O. The van der Waals surface area contributed by atoms with Gasteiger partial charge in [0.25, 0.3) is 5.91 Å². The van der Waals surface area contributed by atoms with E-state index in [4.69, 9.17) is 0 Å². The molecule has 21 heavy (non-hydrogen) atoms. The molecule has 0 bridgehead atoms. The molecule has 1 aromatic rings. The van der Waals surface area contributed by atoms with E-state index in [2.05, 4.69) is 26.1 Å². The molecule has 0 saturated carbocycles. The number of rotatable bonds is 2. The fourth-order valence-corrected chi connectivity index (χ4v) is 3.33. The predicted octanol–water partition coefficient (Wildman–Crippen LogP) is 1.71. The van der Waals surface area contributed by atoms with Crippen LogP contribution in [0, 0.1) is 5.82 Å². The molecule has 1 amide bonds. The molecule has 1 unspecified atom stereocenters. The zero-order valence-corrected chi connectivity index (χ0v) is 13.4. The molecule has 1 N–H and O–H groups in total. The quantitative estimate of drug-likeness (QED) is 0.877. The summed E-state index contributed by atoms with van der Waals surface area (Å²) in [6, 6.07) is 5.02. The fraction of sp³-hybridized carbons (Fsp3) is 0.533. The van der Waals surface area contributed by atoms with Crippen LogP contribution in [-0.4, -0.2) is 61.0 Å². The number of amides is 1. The molecule has 6 heteroatoms. The smallest absolute Gasteiger partial charge is 0.254 e. The number of nitrogens with zero attached hydrogens (tertiary/aromatic N) is 2. The van der Waals surface area contributed by atoms with Crippen molar-refractivity contribution < 1.29 is 9.18 Å². The third-order valence-electron chi connectivity index (χ3n) is 4.29. The Hall–Kier alpha value is -0.980. The summed E-state index contributed by atoms with van der Waals surface area (Å²) in [7, 11) is 0. The Morgan fingerprint density at radius 2 is 2.05 bits per heavy atom. The lowest BCUT2D eigenvalue weighted by Crippen LogP contribution is -2.49. The Morgan fingerprint density at radius 3 is 2.76 bits per heavy atom. The van der Waals surface area contributed by atoms with Gasteiger partial charge in [-0.15, -0.1) is 0 Å². The Balaban J connectivity index is 1.64. The van der Waals surface area contributed by atoms with Crippen molar-refractivity contribution in [3.8, 4) is 0 Å². The standard InChI is InChI=1S/C15H19BrFN3O/c16-13-2-1-11(9-14(13)17)15(21)20-6-3-12(10-20)19-7-4-18-5-8-19/h1-2,9,12,18H,3-8,10H2. The van der Waals surface area contributed by atoms with Crippen LogP contribution >= 0.6 is 15.9 Å². The van der Waals surface area contributed by atoms with E-state index in [-0.39, 0.29) is 5.91 Å². The van der Waals surface area contributed by atoms with E-state index >= 15 is 0 Å². The first-order valence-electron chi connectivity index (χ1n) is 7.34. The minimum atomic E-state index is -0.390. The van der Waals surface area contributed by atoms with Crippen LogP contribution < -0.4 is 5.32 Å². The molecule has 0 radical (unpaired) electrons. The summed E-state index contributed by atoms with van der Waals surface area (Å²) in [4.78, 5) is 16.7. The normalized spacial score (nSPS) is 23.5. The number of carbonyl (C=O) groups excluding carboxylic acids is 1. The van der Waals surface area contributed by atoms with Crippen molar-refractivity contribution >= 4 is 21.8 Å². The summed E-state index contributed by atoms with van der Waals surface area (Å²) >= 11 is 3.11. The lowest BCUT2D eigenvalue weighted by atomic mass is 10.2. The highest BCUT2D eigenvalue weighted by atomic mass is 79.9. The molecule has 4 nitrogen and oxygen atoms in total. The van der Waals surface area contributed by atoms with Gasteiger partial charge in [-0.1, -0.05) is 0 Å². The summed E-state index contributed by atoms with van der Waals surface area (Å²) in [6.45, 7) is 5.62. The number of carbonyl (C=O) groups is 1. The number of hydrogen-bond acceptors (Lipinski definition) is 3. The molecule has 2 saturated heterocycles. The second-order valence-corrected chi connectivity index (χ2v) is 6.46. The topological polar surface area (TPSA) is 35.6 Å². The molecule has 3 rings (SSSR count). The average Bonchev–Trinajstić information content (AvgIpc) is 3.00. The van der Waals surface area contributed by atoms with Crippen molar-refractivity contribution in [2.45, 2.75) is 12.5 Å². The molecule has 0 spiro atoms. The molecule has 2 heterocycles. The van der Waals surface area contributed by atoms with E-state index in [1.807, 2.05) is 4.90 Å². The Kier molecular flexibility index (Phi) is 4.57. The number of piperazine rings is 1. The second kappa shape index (κ2) is 6.42. The van der Waals surface area contributed by atoms with Gasteiger partial charge >= 0.3 is 0 Å². The van der Waals surface area contributed by atoms with Crippen LogP contribution in [0.1, 0.15) is 16.8 Å². The Morgan fingerprint density at radius 1 is 1.29 bits per heavy atom. The lowest BCUT2D eigenvalue weighted by Gasteiger charge is -2.32. The van der Waals surface area contributed by atoms with E-state index in [0.717, 1.165) is 45.7 Å². The van der Waals surface area contributed by atoms with E-state index < -0.39 is 5.82 Å². The zero-order valence-electron chi connectivity index (χ0n) is 11.8. The third kappa shape index (κ3) is 3.27. The van der Waals surface area contributed by atoms with E-state index in [1.165, 1.54) is 6.07 Å². The fourth-order valence-electron chi connectivity index (χ4n) is 3.08. The summed E-state index contributed by atoms with van der Waals surface area (Å²) in [6.07, 6.45) is 1.00. The first-order valence-corrected chi connectivity index (χ1v) is 8.13. The number of nitrogens with one attached hydrogen (secondary N) is 1. The van der Waals surface area contributed by atoms with Crippen molar-refractivity contribution in [1.82, 2.24) is 15.1 Å². The van der Waals surface area contributed by atoms with Gasteiger partial charge in [-0.3, -0.25) is 9.69 Å². The van der Waals surface area contributed by atoms with Gasteiger partial charge in [0.15, 0.2) is 0 Å². The van der Waals surface area contributed by atoms with Crippen LogP contribution in [0.4, 0.5) is 4.39 Å². The average molecular weight is 356 g/mol. The molecule has 2 aliphatic heterocycles. The van der Waals surface area contributed by atoms with Crippen LogP contribution in [0.15, 0.2) is 22.7 Å². The summed E-state index contributed by atoms with van der Waals surface area (Å²) in [5, 5.41) is 3.34. The van der Waals surface area contributed by atoms with Crippen molar-refractivity contribution in [3.05, 3.63) is 34.1 Å².